The van der Waals surface area contributed by atoms with E-state index in [0.29, 0.717) is 6.61 Å². The second-order valence-corrected chi connectivity index (χ2v) is 7.55. The zero-order chi connectivity index (χ0) is 14.7. The van der Waals surface area contributed by atoms with Crippen LogP contribution in [0.25, 0.3) is 6.08 Å². The normalized spacial score (nSPS) is 11.4. The quantitative estimate of drug-likeness (QED) is 0.525. The maximum Gasteiger partial charge on any atom is 0.264 e. The summed E-state index contributed by atoms with van der Waals surface area (Å²) in [7, 11) is -2.10. The molecular weight excluding hydrogens is 262 g/mol. The third kappa shape index (κ3) is 5.53. The van der Waals surface area contributed by atoms with Gasteiger partial charge in [-0.2, -0.15) is 0 Å². The molecule has 0 heterocycles. The van der Waals surface area contributed by atoms with E-state index >= 15 is 0 Å². The number of rotatable bonds is 10. The summed E-state index contributed by atoms with van der Waals surface area (Å²) in [6.45, 7) is 13.7. The summed E-state index contributed by atoms with van der Waals surface area (Å²) in [5, 5.41) is 3.31. The van der Waals surface area contributed by atoms with Crippen LogP contribution in [0.4, 0.5) is 0 Å². The van der Waals surface area contributed by atoms with Crippen molar-refractivity contribution in [3.8, 4) is 0 Å². The highest BCUT2D eigenvalue weighted by atomic mass is 28.4. The van der Waals surface area contributed by atoms with Gasteiger partial charge in [0, 0.05) is 19.7 Å². The van der Waals surface area contributed by atoms with Crippen molar-refractivity contribution in [3.63, 3.8) is 0 Å². The molecule has 0 amide bonds. The fourth-order valence-corrected chi connectivity index (χ4v) is 2.98. The molecule has 0 bridgehead atoms. The van der Waals surface area contributed by atoms with Gasteiger partial charge >= 0.3 is 0 Å². The van der Waals surface area contributed by atoms with E-state index in [1.807, 2.05) is 35.3 Å². The van der Waals surface area contributed by atoms with Crippen molar-refractivity contribution in [1.29, 1.82) is 0 Å². The molecule has 0 saturated carbocycles. The number of hydrogen-bond donors (Lipinski definition) is 1. The van der Waals surface area contributed by atoms with E-state index in [2.05, 4.69) is 49.3 Å². The molecule has 0 fully saturated rings. The summed E-state index contributed by atoms with van der Waals surface area (Å²) in [6.07, 6.45) is 4.21. The molecule has 0 radical (unpaired) electrons. The third-order valence-electron chi connectivity index (χ3n) is 2.96. The van der Waals surface area contributed by atoms with Crippen molar-refractivity contribution in [2.45, 2.75) is 0 Å². The molecule has 20 heavy (non-hydrogen) atoms. The summed E-state index contributed by atoms with van der Waals surface area (Å²) >= 11 is 0. The van der Waals surface area contributed by atoms with E-state index in [-0.39, 0.29) is 0 Å². The Morgan fingerprint density at radius 3 is 2.30 bits per heavy atom. The SMILES string of the molecule is C=C[Si](C=C)(C=C)OCCNCC=Cc1ccccc1. The molecule has 106 valence electrons. The van der Waals surface area contributed by atoms with Crippen LogP contribution in [0.2, 0.25) is 0 Å². The molecule has 1 aromatic carbocycles. The van der Waals surface area contributed by atoms with E-state index in [0.717, 1.165) is 13.1 Å². The van der Waals surface area contributed by atoms with Crippen LogP contribution < -0.4 is 5.32 Å². The molecule has 0 aliphatic rings. The maximum absolute atomic E-state index is 5.84. The van der Waals surface area contributed by atoms with Crippen LogP contribution in [0.15, 0.2) is 73.2 Å². The topological polar surface area (TPSA) is 21.3 Å². The monoisotopic (exact) mass is 285 g/mol. The summed E-state index contributed by atoms with van der Waals surface area (Å²) < 4.78 is 5.84. The summed E-state index contributed by atoms with van der Waals surface area (Å²) in [5.41, 5.74) is 6.72. The fourth-order valence-electron chi connectivity index (χ4n) is 1.67. The van der Waals surface area contributed by atoms with Gasteiger partial charge in [0.05, 0.1) is 0 Å². The van der Waals surface area contributed by atoms with Gasteiger partial charge in [-0.3, -0.25) is 0 Å². The van der Waals surface area contributed by atoms with Crippen molar-refractivity contribution < 1.29 is 4.43 Å². The van der Waals surface area contributed by atoms with Gasteiger partial charge in [-0.25, -0.2) is 0 Å². The third-order valence-corrected chi connectivity index (χ3v) is 5.58. The van der Waals surface area contributed by atoms with Crippen molar-refractivity contribution in [1.82, 2.24) is 5.32 Å². The number of nitrogens with one attached hydrogen (secondary N) is 1. The van der Waals surface area contributed by atoms with Crippen molar-refractivity contribution in [2.24, 2.45) is 0 Å². The maximum atomic E-state index is 5.84. The van der Waals surface area contributed by atoms with E-state index in [9.17, 15) is 0 Å². The van der Waals surface area contributed by atoms with Crippen LogP contribution >= 0.6 is 0 Å². The average Bonchev–Trinajstić information content (AvgIpc) is 2.52. The lowest BCUT2D eigenvalue weighted by Crippen LogP contribution is -2.35. The van der Waals surface area contributed by atoms with Crippen LogP contribution in [0.5, 0.6) is 0 Å². The Morgan fingerprint density at radius 2 is 1.70 bits per heavy atom. The molecule has 0 spiro atoms. The van der Waals surface area contributed by atoms with Gasteiger partial charge < -0.3 is 9.74 Å². The first-order valence-corrected chi connectivity index (χ1v) is 8.87. The number of benzene rings is 1. The molecule has 0 saturated heterocycles. The standard InChI is InChI=1S/C17H23NOSi/c1-4-20(5-2,6-3)19-16-15-18-14-10-13-17-11-8-7-9-12-17/h4-13,18H,1-3,14-16H2. The molecule has 3 heteroatoms. The van der Waals surface area contributed by atoms with Crippen LogP contribution in [-0.2, 0) is 4.43 Å². The smallest absolute Gasteiger partial charge is 0.264 e. The van der Waals surface area contributed by atoms with Gasteiger partial charge in [0.25, 0.3) is 8.32 Å². The van der Waals surface area contributed by atoms with Crippen LogP contribution in [0.1, 0.15) is 5.56 Å². The van der Waals surface area contributed by atoms with Gasteiger partial charge in [-0.05, 0) is 5.56 Å². The minimum atomic E-state index is -2.10. The fraction of sp³-hybridized carbons (Fsp3) is 0.176. The summed E-state index contributed by atoms with van der Waals surface area (Å²) in [4.78, 5) is 0. The van der Waals surface area contributed by atoms with E-state index in [1.54, 1.807) is 0 Å². The Labute approximate surface area is 123 Å². The van der Waals surface area contributed by atoms with Crippen molar-refractivity contribution in [3.05, 3.63) is 78.8 Å². The van der Waals surface area contributed by atoms with E-state index in [4.69, 9.17) is 4.43 Å². The lowest BCUT2D eigenvalue weighted by Gasteiger charge is -2.20. The minimum absolute atomic E-state index is 0.634. The molecule has 2 nitrogen and oxygen atoms in total. The second kappa shape index (κ2) is 9.26. The van der Waals surface area contributed by atoms with Gasteiger partial charge in [-0.1, -0.05) is 59.6 Å². The van der Waals surface area contributed by atoms with Gasteiger partial charge in [0.1, 0.15) is 0 Å². The predicted molar refractivity (Wildman–Crippen MR) is 90.6 cm³/mol. The van der Waals surface area contributed by atoms with Crippen LogP contribution in [0, 0.1) is 0 Å². The van der Waals surface area contributed by atoms with Crippen molar-refractivity contribution in [2.75, 3.05) is 19.7 Å². The average molecular weight is 285 g/mol. The largest absolute Gasteiger partial charge is 0.404 e. The molecular formula is C17H23NOSi. The lowest BCUT2D eigenvalue weighted by atomic mass is 10.2. The molecule has 1 N–H and O–H groups in total. The zero-order valence-electron chi connectivity index (χ0n) is 11.9. The summed E-state index contributed by atoms with van der Waals surface area (Å²) in [6, 6.07) is 10.2. The Kier molecular flexibility index (Phi) is 7.58. The first-order chi connectivity index (χ1) is 9.76. The van der Waals surface area contributed by atoms with Crippen molar-refractivity contribution >= 4 is 14.4 Å². The molecule has 0 aliphatic heterocycles. The molecule has 1 aromatic rings. The van der Waals surface area contributed by atoms with Gasteiger partial charge in [0.15, 0.2) is 0 Å². The molecule has 0 unspecified atom stereocenters. The first-order valence-electron chi connectivity index (χ1n) is 6.73. The Bertz CT molecular complexity index is 432. The Hall–Kier alpha value is -1.68. The lowest BCUT2D eigenvalue weighted by molar-refractivity contribution is 0.320. The minimum Gasteiger partial charge on any atom is -0.404 e. The molecule has 0 aliphatic carbocycles. The van der Waals surface area contributed by atoms with E-state index in [1.165, 1.54) is 5.56 Å². The zero-order valence-corrected chi connectivity index (χ0v) is 12.9. The Balaban J connectivity index is 2.19. The highest BCUT2D eigenvalue weighted by molar-refractivity contribution is 6.87. The first kappa shape index (κ1) is 16.4. The predicted octanol–water partition coefficient (Wildman–Crippen LogP) is 3.43. The van der Waals surface area contributed by atoms with Crippen LogP contribution in [-0.4, -0.2) is 28.0 Å². The van der Waals surface area contributed by atoms with E-state index < -0.39 is 8.32 Å². The highest BCUT2D eigenvalue weighted by Crippen LogP contribution is 2.08. The molecule has 1 rings (SSSR count). The molecule has 0 aromatic heterocycles. The van der Waals surface area contributed by atoms with Gasteiger partial charge in [0.2, 0.25) is 0 Å². The Morgan fingerprint density at radius 1 is 1.05 bits per heavy atom. The molecule has 0 atom stereocenters. The number of hydrogen-bond acceptors (Lipinski definition) is 2. The van der Waals surface area contributed by atoms with Gasteiger partial charge in [-0.15, -0.1) is 19.7 Å². The summed E-state index contributed by atoms with van der Waals surface area (Å²) in [5.74, 6) is 0. The highest BCUT2D eigenvalue weighted by Gasteiger charge is 2.22. The van der Waals surface area contributed by atoms with Crippen LogP contribution in [0.3, 0.4) is 0 Å². The second-order valence-electron chi connectivity index (χ2n) is 4.33.